The van der Waals surface area contributed by atoms with Gasteiger partial charge in [0.2, 0.25) is 5.91 Å². The van der Waals surface area contributed by atoms with E-state index in [9.17, 15) is 14.4 Å². The lowest BCUT2D eigenvalue weighted by atomic mass is 9.94. The van der Waals surface area contributed by atoms with Crippen LogP contribution in [0.5, 0.6) is 0 Å². The van der Waals surface area contributed by atoms with E-state index in [0.29, 0.717) is 24.0 Å². The van der Waals surface area contributed by atoms with Crippen LogP contribution in [-0.2, 0) is 4.79 Å². The van der Waals surface area contributed by atoms with Crippen molar-refractivity contribution in [1.29, 1.82) is 0 Å². The van der Waals surface area contributed by atoms with Crippen LogP contribution in [0.3, 0.4) is 0 Å². The van der Waals surface area contributed by atoms with Crippen molar-refractivity contribution in [2.24, 2.45) is 0 Å². The first kappa shape index (κ1) is 18.6. The zero-order valence-electron chi connectivity index (χ0n) is 16.2. The second-order valence-corrected chi connectivity index (χ2v) is 7.39. The molecule has 0 aliphatic carbocycles. The molecule has 0 spiro atoms. The summed E-state index contributed by atoms with van der Waals surface area (Å²) in [4.78, 5) is 43.7. The maximum Gasteiger partial charge on any atom is 0.261 e. The summed E-state index contributed by atoms with van der Waals surface area (Å²) in [5.41, 5.74) is 1.13. The Morgan fingerprint density at radius 1 is 0.929 bits per heavy atom. The summed E-state index contributed by atoms with van der Waals surface area (Å²) >= 11 is 0. The van der Waals surface area contributed by atoms with Crippen molar-refractivity contribution in [2.75, 3.05) is 39.3 Å². The highest BCUT2D eigenvalue weighted by atomic mass is 16.2. The Balaban J connectivity index is 1.40. The van der Waals surface area contributed by atoms with Gasteiger partial charge in [-0.05, 0) is 30.5 Å². The summed E-state index contributed by atoms with van der Waals surface area (Å²) in [6.07, 6.45) is 0.845. The Hall–Kier alpha value is -2.73. The molecular weight excluding hydrogens is 354 g/mol. The minimum Gasteiger partial charge on any atom is -0.340 e. The second kappa shape index (κ2) is 7.72. The van der Waals surface area contributed by atoms with E-state index in [1.54, 1.807) is 12.1 Å². The lowest BCUT2D eigenvalue weighted by Crippen LogP contribution is -2.48. The van der Waals surface area contributed by atoms with Crippen molar-refractivity contribution < 1.29 is 14.4 Å². The number of likely N-dealkylation sites (N-methyl/N-ethyl adjacent to an activating group) is 1. The number of hydrogen-bond acceptors (Lipinski definition) is 4. The molecule has 2 heterocycles. The molecule has 146 valence electrons. The van der Waals surface area contributed by atoms with Gasteiger partial charge in [0.15, 0.2) is 0 Å². The van der Waals surface area contributed by atoms with E-state index < -0.39 is 0 Å². The lowest BCUT2D eigenvalue weighted by Gasteiger charge is -2.34. The molecule has 1 fully saturated rings. The molecule has 0 aromatic heterocycles. The van der Waals surface area contributed by atoms with Gasteiger partial charge in [-0.25, -0.2) is 0 Å². The van der Waals surface area contributed by atoms with E-state index in [1.165, 1.54) is 4.90 Å². The standard InChI is InChI=1S/C22H25N3O3/c1-2-23-12-14-24(15-13-23)19(26)10-5-11-25-21(27)17-8-3-6-16-7-4-9-18(20(16)17)22(25)28/h3-4,6-9H,2,5,10-15H2,1H3. The highest BCUT2D eigenvalue weighted by molar-refractivity contribution is 6.25. The Labute approximate surface area is 164 Å². The third-order valence-corrected chi connectivity index (χ3v) is 5.80. The van der Waals surface area contributed by atoms with Crippen molar-refractivity contribution in [3.8, 4) is 0 Å². The fraction of sp³-hybridized carbons (Fsp3) is 0.409. The predicted octanol–water partition coefficient (Wildman–Crippen LogP) is 2.38. The van der Waals surface area contributed by atoms with Crippen LogP contribution in [0.4, 0.5) is 0 Å². The first-order valence-corrected chi connectivity index (χ1v) is 9.98. The summed E-state index contributed by atoms with van der Waals surface area (Å²) in [5, 5.41) is 1.64. The van der Waals surface area contributed by atoms with Gasteiger partial charge in [0, 0.05) is 55.7 Å². The van der Waals surface area contributed by atoms with Crippen LogP contribution in [0.2, 0.25) is 0 Å². The van der Waals surface area contributed by atoms with E-state index in [1.807, 2.05) is 29.2 Å². The zero-order chi connectivity index (χ0) is 19.7. The van der Waals surface area contributed by atoms with Gasteiger partial charge in [0.05, 0.1) is 0 Å². The molecule has 2 aromatic carbocycles. The Morgan fingerprint density at radius 2 is 1.54 bits per heavy atom. The Morgan fingerprint density at radius 3 is 2.11 bits per heavy atom. The van der Waals surface area contributed by atoms with Crippen LogP contribution in [0, 0.1) is 0 Å². The predicted molar refractivity (Wildman–Crippen MR) is 107 cm³/mol. The average Bonchev–Trinajstić information content (AvgIpc) is 2.74. The quantitative estimate of drug-likeness (QED) is 0.749. The monoisotopic (exact) mass is 379 g/mol. The topological polar surface area (TPSA) is 60.9 Å². The number of piperazine rings is 1. The molecule has 0 N–H and O–H groups in total. The first-order valence-electron chi connectivity index (χ1n) is 9.98. The molecule has 3 amide bonds. The number of nitrogens with zero attached hydrogens (tertiary/aromatic N) is 3. The highest BCUT2D eigenvalue weighted by Crippen LogP contribution is 2.30. The first-order chi connectivity index (χ1) is 13.6. The minimum absolute atomic E-state index is 0.107. The van der Waals surface area contributed by atoms with Crippen LogP contribution in [0.15, 0.2) is 36.4 Å². The Kier molecular flexibility index (Phi) is 5.13. The molecule has 0 unspecified atom stereocenters. The molecule has 6 nitrogen and oxygen atoms in total. The molecule has 2 aromatic rings. The SMILES string of the molecule is CCN1CCN(C(=O)CCCN2C(=O)c3cccc4cccc(c34)C2=O)CC1. The molecule has 28 heavy (non-hydrogen) atoms. The van der Waals surface area contributed by atoms with Crippen LogP contribution in [0.25, 0.3) is 10.8 Å². The molecule has 0 atom stereocenters. The van der Waals surface area contributed by atoms with Crippen LogP contribution in [-0.4, -0.2) is 71.7 Å². The maximum atomic E-state index is 12.9. The third-order valence-electron chi connectivity index (χ3n) is 5.80. The van der Waals surface area contributed by atoms with Crippen molar-refractivity contribution >= 4 is 28.5 Å². The van der Waals surface area contributed by atoms with Gasteiger partial charge in [-0.2, -0.15) is 0 Å². The number of carbonyl (C=O) groups is 3. The van der Waals surface area contributed by atoms with Crippen molar-refractivity contribution in [2.45, 2.75) is 19.8 Å². The van der Waals surface area contributed by atoms with Gasteiger partial charge in [0.25, 0.3) is 11.8 Å². The minimum atomic E-state index is -0.265. The number of imide groups is 1. The van der Waals surface area contributed by atoms with E-state index in [4.69, 9.17) is 0 Å². The molecule has 2 aliphatic rings. The molecule has 0 bridgehead atoms. The molecule has 0 radical (unpaired) electrons. The number of hydrogen-bond donors (Lipinski definition) is 0. The summed E-state index contributed by atoms with van der Waals surface area (Å²) < 4.78 is 0. The molecule has 4 rings (SSSR count). The zero-order valence-corrected chi connectivity index (χ0v) is 16.2. The number of rotatable bonds is 5. The highest BCUT2D eigenvalue weighted by Gasteiger charge is 2.32. The van der Waals surface area contributed by atoms with Gasteiger partial charge in [-0.1, -0.05) is 31.2 Å². The smallest absolute Gasteiger partial charge is 0.261 e. The van der Waals surface area contributed by atoms with Crippen molar-refractivity contribution in [3.63, 3.8) is 0 Å². The maximum absolute atomic E-state index is 12.9. The van der Waals surface area contributed by atoms with E-state index in [2.05, 4.69) is 11.8 Å². The van der Waals surface area contributed by atoms with E-state index in [-0.39, 0.29) is 24.3 Å². The number of carbonyl (C=O) groups excluding carboxylic acids is 3. The summed E-state index contributed by atoms with van der Waals surface area (Å²) in [6, 6.07) is 11.0. The van der Waals surface area contributed by atoms with Crippen LogP contribution < -0.4 is 0 Å². The van der Waals surface area contributed by atoms with Crippen molar-refractivity contribution in [3.05, 3.63) is 47.5 Å². The number of benzene rings is 2. The fourth-order valence-electron chi connectivity index (χ4n) is 4.14. The molecular formula is C22H25N3O3. The summed E-state index contributed by atoms with van der Waals surface area (Å²) in [6.45, 7) is 6.73. The molecule has 6 heteroatoms. The normalized spacial score (nSPS) is 17.5. The van der Waals surface area contributed by atoms with Gasteiger partial charge < -0.3 is 9.80 Å². The third kappa shape index (κ3) is 3.29. The average molecular weight is 379 g/mol. The van der Waals surface area contributed by atoms with Gasteiger partial charge in [0.1, 0.15) is 0 Å². The summed E-state index contributed by atoms with van der Waals surface area (Å²) in [7, 11) is 0. The van der Waals surface area contributed by atoms with Crippen LogP contribution >= 0.6 is 0 Å². The second-order valence-electron chi connectivity index (χ2n) is 7.39. The van der Waals surface area contributed by atoms with E-state index in [0.717, 1.165) is 43.5 Å². The number of amides is 3. The molecule has 0 saturated carbocycles. The summed E-state index contributed by atoms with van der Waals surface area (Å²) in [5.74, 6) is -0.424. The van der Waals surface area contributed by atoms with Crippen LogP contribution in [0.1, 0.15) is 40.5 Å². The van der Waals surface area contributed by atoms with Gasteiger partial charge >= 0.3 is 0 Å². The van der Waals surface area contributed by atoms with Gasteiger partial charge in [-0.3, -0.25) is 19.3 Å². The lowest BCUT2D eigenvalue weighted by molar-refractivity contribution is -0.133. The van der Waals surface area contributed by atoms with E-state index >= 15 is 0 Å². The van der Waals surface area contributed by atoms with Gasteiger partial charge in [-0.15, -0.1) is 0 Å². The fourth-order valence-corrected chi connectivity index (χ4v) is 4.14. The molecule has 1 saturated heterocycles. The van der Waals surface area contributed by atoms with Crippen molar-refractivity contribution in [1.82, 2.24) is 14.7 Å². The Bertz CT molecular complexity index is 881. The largest absolute Gasteiger partial charge is 0.340 e. The molecule has 2 aliphatic heterocycles.